The molecule has 2 unspecified atom stereocenters. The third kappa shape index (κ3) is 4.19. The van der Waals surface area contributed by atoms with Gasteiger partial charge in [0.25, 0.3) is 0 Å². The average Bonchev–Trinajstić information content (AvgIpc) is 3.33. The normalized spacial score (nSPS) is 16.7. The highest BCUT2D eigenvalue weighted by Gasteiger charge is 2.48. The number of para-hydroxylation sites is 2. The predicted molar refractivity (Wildman–Crippen MR) is 142 cm³/mol. The van der Waals surface area contributed by atoms with Crippen molar-refractivity contribution in [1.82, 2.24) is 9.55 Å². The molecule has 38 heavy (non-hydrogen) atoms. The number of carbonyl (C=O) groups is 2. The van der Waals surface area contributed by atoms with Gasteiger partial charge >= 0.3 is 5.97 Å². The standard InChI is InChI=1S/C29H29N3O6/c1-5-38-28(34)24-25(19-15-22(35-2)26(37-4)23(16-19)36-3)32-21-14-10-9-13-20(21)30-29(32)31(27(24)33)17-18-11-7-6-8-12-18/h6-16,24-25H,5,17H2,1-4H3. The number of hydrogen-bond donors (Lipinski definition) is 0. The van der Waals surface area contributed by atoms with E-state index < -0.39 is 23.8 Å². The van der Waals surface area contributed by atoms with Crippen molar-refractivity contribution in [3.63, 3.8) is 0 Å². The lowest BCUT2D eigenvalue weighted by molar-refractivity contribution is -0.153. The van der Waals surface area contributed by atoms with Crippen LogP contribution in [0.3, 0.4) is 0 Å². The first kappa shape index (κ1) is 25.1. The van der Waals surface area contributed by atoms with E-state index in [2.05, 4.69) is 0 Å². The number of nitrogens with zero attached hydrogens (tertiary/aromatic N) is 3. The lowest BCUT2D eigenvalue weighted by Gasteiger charge is -2.38. The molecule has 0 saturated heterocycles. The summed E-state index contributed by atoms with van der Waals surface area (Å²) in [6.45, 7) is 2.11. The van der Waals surface area contributed by atoms with Crippen LogP contribution in [0.25, 0.3) is 11.0 Å². The van der Waals surface area contributed by atoms with Crippen molar-refractivity contribution in [3.8, 4) is 17.2 Å². The van der Waals surface area contributed by atoms with Gasteiger partial charge in [0.2, 0.25) is 17.6 Å². The molecular weight excluding hydrogens is 486 g/mol. The van der Waals surface area contributed by atoms with Gasteiger partial charge in [-0.25, -0.2) is 4.98 Å². The van der Waals surface area contributed by atoms with Gasteiger partial charge in [0.1, 0.15) is 0 Å². The molecule has 9 heteroatoms. The van der Waals surface area contributed by atoms with Gasteiger partial charge in [-0.1, -0.05) is 42.5 Å². The maximum Gasteiger partial charge on any atom is 0.321 e. The molecule has 4 aromatic rings. The Bertz CT molecular complexity index is 1460. The molecule has 0 N–H and O–H groups in total. The number of aromatic nitrogens is 2. The molecular formula is C29H29N3O6. The van der Waals surface area contributed by atoms with Crippen LogP contribution >= 0.6 is 0 Å². The molecule has 2 heterocycles. The molecule has 1 aliphatic rings. The summed E-state index contributed by atoms with van der Waals surface area (Å²) in [6, 6.07) is 20.0. The minimum atomic E-state index is -1.17. The van der Waals surface area contributed by atoms with Crippen molar-refractivity contribution in [1.29, 1.82) is 0 Å². The maximum atomic E-state index is 14.2. The monoisotopic (exact) mass is 515 g/mol. The van der Waals surface area contributed by atoms with Crippen LogP contribution in [0.1, 0.15) is 24.1 Å². The van der Waals surface area contributed by atoms with Crippen molar-refractivity contribution >= 4 is 28.9 Å². The summed E-state index contributed by atoms with van der Waals surface area (Å²) in [5.74, 6) is -0.503. The fourth-order valence-corrected chi connectivity index (χ4v) is 5.04. The second-order valence-corrected chi connectivity index (χ2v) is 8.81. The highest BCUT2D eigenvalue weighted by Crippen LogP contribution is 2.46. The number of anilines is 1. The topological polar surface area (TPSA) is 92.1 Å². The minimum absolute atomic E-state index is 0.140. The molecule has 5 rings (SSSR count). The first-order valence-corrected chi connectivity index (χ1v) is 12.3. The number of amides is 1. The Kier molecular flexibility index (Phi) is 6.91. The van der Waals surface area contributed by atoms with Crippen molar-refractivity contribution in [3.05, 3.63) is 77.9 Å². The molecule has 0 spiro atoms. The Balaban J connectivity index is 1.79. The Morgan fingerprint density at radius 3 is 2.21 bits per heavy atom. The summed E-state index contributed by atoms with van der Waals surface area (Å²) in [5, 5.41) is 0. The first-order chi connectivity index (χ1) is 18.5. The number of ether oxygens (including phenoxy) is 4. The van der Waals surface area contributed by atoms with Crippen LogP contribution < -0.4 is 19.1 Å². The Hall–Kier alpha value is -4.53. The number of hydrogen-bond acceptors (Lipinski definition) is 7. The van der Waals surface area contributed by atoms with Crippen molar-refractivity contribution in [2.24, 2.45) is 5.92 Å². The zero-order chi connectivity index (χ0) is 26.8. The van der Waals surface area contributed by atoms with Crippen LogP contribution in [0.15, 0.2) is 66.7 Å². The Morgan fingerprint density at radius 1 is 0.921 bits per heavy atom. The number of methoxy groups -OCH3 is 3. The second-order valence-electron chi connectivity index (χ2n) is 8.81. The smallest absolute Gasteiger partial charge is 0.321 e. The molecule has 1 aliphatic heterocycles. The van der Waals surface area contributed by atoms with E-state index in [1.54, 1.807) is 24.0 Å². The Morgan fingerprint density at radius 2 is 1.58 bits per heavy atom. The second kappa shape index (κ2) is 10.5. The highest BCUT2D eigenvalue weighted by molar-refractivity contribution is 6.08. The molecule has 1 amide bonds. The summed E-state index contributed by atoms with van der Waals surface area (Å²) in [6.07, 6.45) is 0. The molecule has 0 radical (unpaired) electrons. The van der Waals surface area contributed by atoms with Gasteiger partial charge in [0, 0.05) is 0 Å². The number of rotatable bonds is 8. The summed E-state index contributed by atoms with van der Waals surface area (Å²) < 4.78 is 24.1. The third-order valence-electron chi connectivity index (χ3n) is 6.70. The highest BCUT2D eigenvalue weighted by atomic mass is 16.5. The largest absolute Gasteiger partial charge is 0.493 e. The maximum absolute atomic E-state index is 14.2. The number of fused-ring (bicyclic) bond motifs is 3. The van der Waals surface area contributed by atoms with Crippen LogP contribution in [0.4, 0.5) is 5.95 Å². The van der Waals surface area contributed by atoms with Crippen molar-refractivity contribution in [2.75, 3.05) is 32.8 Å². The molecule has 9 nitrogen and oxygen atoms in total. The van der Waals surface area contributed by atoms with E-state index in [0.29, 0.717) is 34.3 Å². The zero-order valence-electron chi connectivity index (χ0n) is 21.7. The third-order valence-corrected chi connectivity index (χ3v) is 6.70. The summed E-state index contributed by atoms with van der Waals surface area (Å²) in [7, 11) is 4.57. The van der Waals surface area contributed by atoms with Gasteiger partial charge in [-0.05, 0) is 42.3 Å². The van der Waals surface area contributed by atoms with Crippen molar-refractivity contribution < 1.29 is 28.5 Å². The summed E-state index contributed by atoms with van der Waals surface area (Å²) in [4.78, 5) is 34.1. The molecule has 2 atom stereocenters. The van der Waals surface area contributed by atoms with Gasteiger partial charge in [-0.15, -0.1) is 0 Å². The summed E-state index contributed by atoms with van der Waals surface area (Å²) >= 11 is 0. The number of esters is 1. The van der Waals surface area contributed by atoms with E-state index in [0.717, 1.165) is 11.1 Å². The quantitative estimate of drug-likeness (QED) is 0.254. The van der Waals surface area contributed by atoms with Crippen LogP contribution in [-0.4, -0.2) is 49.4 Å². The van der Waals surface area contributed by atoms with E-state index in [4.69, 9.17) is 23.9 Å². The molecule has 196 valence electrons. The van der Waals surface area contributed by atoms with E-state index in [1.807, 2.05) is 59.2 Å². The molecule has 0 bridgehead atoms. The number of imidazole rings is 1. The van der Waals surface area contributed by atoms with Crippen LogP contribution in [0, 0.1) is 5.92 Å². The average molecular weight is 516 g/mol. The van der Waals surface area contributed by atoms with E-state index >= 15 is 0 Å². The van der Waals surface area contributed by atoms with Crippen LogP contribution in [0.5, 0.6) is 17.2 Å². The van der Waals surface area contributed by atoms with Crippen molar-refractivity contribution in [2.45, 2.75) is 19.5 Å². The van der Waals surface area contributed by atoms with E-state index in [1.165, 1.54) is 21.3 Å². The van der Waals surface area contributed by atoms with E-state index in [-0.39, 0.29) is 13.2 Å². The Labute approximate surface area is 220 Å². The minimum Gasteiger partial charge on any atom is -0.493 e. The van der Waals surface area contributed by atoms with Gasteiger partial charge in [0.05, 0.1) is 51.6 Å². The zero-order valence-corrected chi connectivity index (χ0v) is 21.7. The lowest BCUT2D eigenvalue weighted by atomic mass is 9.88. The SMILES string of the molecule is CCOC(=O)C1C(=O)N(Cc2ccccc2)c2nc3ccccc3n2C1c1cc(OC)c(OC)c(OC)c1. The fraction of sp³-hybridized carbons (Fsp3) is 0.276. The molecule has 3 aromatic carbocycles. The number of benzene rings is 3. The van der Waals surface area contributed by atoms with Gasteiger partial charge in [-0.2, -0.15) is 0 Å². The number of carbonyl (C=O) groups excluding carboxylic acids is 2. The van der Waals surface area contributed by atoms with Gasteiger partial charge < -0.3 is 23.5 Å². The molecule has 1 aromatic heterocycles. The van der Waals surface area contributed by atoms with Crippen LogP contribution in [-0.2, 0) is 20.9 Å². The van der Waals surface area contributed by atoms with E-state index in [9.17, 15) is 9.59 Å². The summed E-state index contributed by atoms with van der Waals surface area (Å²) in [5.41, 5.74) is 3.01. The fourth-order valence-electron chi connectivity index (χ4n) is 5.04. The molecule has 0 aliphatic carbocycles. The first-order valence-electron chi connectivity index (χ1n) is 12.3. The molecule has 0 saturated carbocycles. The van der Waals surface area contributed by atoms with Gasteiger partial charge in [0.15, 0.2) is 17.4 Å². The lowest BCUT2D eigenvalue weighted by Crippen LogP contribution is -2.49. The predicted octanol–water partition coefficient (Wildman–Crippen LogP) is 4.38. The van der Waals surface area contributed by atoms with Gasteiger partial charge in [-0.3, -0.25) is 14.5 Å². The molecule has 0 fully saturated rings. The van der Waals surface area contributed by atoms with Crippen LogP contribution in [0.2, 0.25) is 0 Å².